The maximum atomic E-state index is 12.6. The van der Waals surface area contributed by atoms with Crippen molar-refractivity contribution >= 4 is 45.7 Å². The Morgan fingerprint density at radius 2 is 2.15 bits per heavy atom. The van der Waals surface area contributed by atoms with Crippen molar-refractivity contribution in [2.45, 2.75) is 33.1 Å². The molecule has 1 aliphatic heterocycles. The summed E-state index contributed by atoms with van der Waals surface area (Å²) >= 11 is 6.38. The molecular weight excluding hydrogens is 442 g/mol. The van der Waals surface area contributed by atoms with E-state index >= 15 is 0 Å². The van der Waals surface area contributed by atoms with Gasteiger partial charge in [0, 0.05) is 37.6 Å². The third-order valence-corrected chi connectivity index (χ3v) is 6.18. The van der Waals surface area contributed by atoms with Gasteiger partial charge in [-0.05, 0) is 43.0 Å². The van der Waals surface area contributed by atoms with Gasteiger partial charge in [-0.15, -0.1) is 0 Å². The zero-order valence-corrected chi connectivity index (χ0v) is 19.9. The molecule has 8 nitrogen and oxygen atoms in total. The molecule has 0 aliphatic carbocycles. The number of Topliss-reactive ketones (excluding diaryl/α,β-unsaturated/α-hetero) is 1. The van der Waals surface area contributed by atoms with E-state index in [4.69, 9.17) is 16.3 Å². The zero-order chi connectivity index (χ0) is 23.5. The number of carbonyl (C=O) groups excluding carboxylic acids is 1. The first kappa shape index (κ1) is 23.0. The topological polar surface area (TPSA) is 89.3 Å². The van der Waals surface area contributed by atoms with Crippen LogP contribution < -0.4 is 20.5 Å². The lowest BCUT2D eigenvalue weighted by Gasteiger charge is -2.31. The number of piperidine rings is 1. The van der Waals surface area contributed by atoms with Crippen molar-refractivity contribution < 1.29 is 9.53 Å². The third-order valence-electron chi connectivity index (χ3n) is 5.91. The third kappa shape index (κ3) is 5.11. The van der Waals surface area contributed by atoms with Gasteiger partial charge in [0.25, 0.3) is 5.56 Å². The summed E-state index contributed by atoms with van der Waals surface area (Å²) in [6.45, 7) is 5.73. The minimum Gasteiger partial charge on any atom is -0.480 e. The minimum absolute atomic E-state index is 0.0649. The number of benzene rings is 1. The van der Waals surface area contributed by atoms with Crippen molar-refractivity contribution in [1.29, 1.82) is 0 Å². The Morgan fingerprint density at radius 3 is 2.91 bits per heavy atom. The van der Waals surface area contributed by atoms with Crippen molar-refractivity contribution in [3.63, 3.8) is 0 Å². The van der Waals surface area contributed by atoms with Crippen LogP contribution in [0.2, 0.25) is 5.02 Å². The molecule has 174 valence electrons. The summed E-state index contributed by atoms with van der Waals surface area (Å²) in [4.78, 5) is 35.5. The molecule has 1 unspecified atom stereocenters. The molecule has 0 saturated carbocycles. The molecule has 33 heavy (non-hydrogen) atoms. The quantitative estimate of drug-likeness (QED) is 0.551. The molecule has 1 saturated heterocycles. The second-order valence-corrected chi connectivity index (χ2v) is 8.92. The van der Waals surface area contributed by atoms with Crippen LogP contribution in [0.3, 0.4) is 0 Å². The van der Waals surface area contributed by atoms with Crippen LogP contribution in [0, 0.1) is 5.92 Å². The lowest BCUT2D eigenvalue weighted by atomic mass is 10.0. The highest BCUT2D eigenvalue weighted by atomic mass is 35.5. The fraction of sp³-hybridized carbons (Fsp3) is 0.417. The van der Waals surface area contributed by atoms with E-state index in [1.54, 1.807) is 26.2 Å². The van der Waals surface area contributed by atoms with Crippen molar-refractivity contribution in [2.75, 3.05) is 29.9 Å². The van der Waals surface area contributed by atoms with Crippen LogP contribution in [0.15, 0.2) is 35.3 Å². The monoisotopic (exact) mass is 469 g/mol. The molecule has 3 heterocycles. The average molecular weight is 470 g/mol. The van der Waals surface area contributed by atoms with Gasteiger partial charge in [0.15, 0.2) is 17.4 Å². The van der Waals surface area contributed by atoms with E-state index in [1.165, 1.54) is 11.0 Å². The Hall–Kier alpha value is -3.13. The normalized spacial score (nSPS) is 16.1. The Balaban J connectivity index is 1.62. The van der Waals surface area contributed by atoms with Crippen LogP contribution >= 0.6 is 11.6 Å². The fourth-order valence-corrected chi connectivity index (χ4v) is 4.14. The molecule has 1 aromatic carbocycles. The fourth-order valence-electron chi connectivity index (χ4n) is 4.00. The van der Waals surface area contributed by atoms with E-state index in [9.17, 15) is 9.59 Å². The zero-order valence-electron chi connectivity index (χ0n) is 19.1. The van der Waals surface area contributed by atoms with E-state index < -0.39 is 0 Å². The standard InChI is InChI=1S/C24H28ClN5O3/c1-4-18(31)14-33-21-11-16-10-17(7-8-20(16)29(3)23(21)32)27-22-19(25)12-26-24(28-22)30-9-5-6-15(2)13-30/h7-8,10-12,15H,4-6,9,13-14H2,1-3H3,(H,26,27,28). The molecule has 3 aromatic rings. The van der Waals surface area contributed by atoms with E-state index in [0.29, 0.717) is 29.1 Å². The molecule has 4 rings (SSSR count). The number of nitrogens with zero attached hydrogens (tertiary/aromatic N) is 4. The number of anilines is 3. The van der Waals surface area contributed by atoms with Crippen molar-refractivity contribution in [3.8, 4) is 5.75 Å². The first-order valence-corrected chi connectivity index (χ1v) is 11.6. The molecule has 9 heteroatoms. The summed E-state index contributed by atoms with van der Waals surface area (Å²) in [6.07, 6.45) is 4.31. The predicted molar refractivity (Wildman–Crippen MR) is 131 cm³/mol. The smallest absolute Gasteiger partial charge is 0.293 e. The lowest BCUT2D eigenvalue weighted by molar-refractivity contribution is -0.120. The maximum absolute atomic E-state index is 12.6. The van der Waals surface area contributed by atoms with Gasteiger partial charge in [-0.25, -0.2) is 4.98 Å². The number of carbonyl (C=O) groups is 1. The van der Waals surface area contributed by atoms with E-state index in [-0.39, 0.29) is 23.7 Å². The average Bonchev–Trinajstić information content (AvgIpc) is 2.81. The number of halogens is 1. The summed E-state index contributed by atoms with van der Waals surface area (Å²) in [5.41, 5.74) is 1.22. The molecule has 1 atom stereocenters. The molecule has 1 aliphatic rings. The number of nitrogens with one attached hydrogen (secondary N) is 1. The molecule has 0 radical (unpaired) electrons. The number of pyridine rings is 1. The number of rotatable bonds is 7. The summed E-state index contributed by atoms with van der Waals surface area (Å²) in [7, 11) is 1.68. The number of aryl methyl sites for hydroxylation is 1. The van der Waals surface area contributed by atoms with Crippen LogP contribution in [0.5, 0.6) is 5.75 Å². The molecule has 1 fully saturated rings. The highest BCUT2D eigenvalue weighted by molar-refractivity contribution is 6.32. The number of aromatic nitrogens is 3. The first-order valence-electron chi connectivity index (χ1n) is 11.2. The maximum Gasteiger partial charge on any atom is 0.293 e. The molecular formula is C24H28ClN5O3. The lowest BCUT2D eigenvalue weighted by Crippen LogP contribution is -2.35. The Bertz CT molecular complexity index is 1240. The number of fused-ring (bicyclic) bond motifs is 1. The van der Waals surface area contributed by atoms with Crippen LogP contribution in [0.1, 0.15) is 33.1 Å². The van der Waals surface area contributed by atoms with Gasteiger partial charge in [0.1, 0.15) is 11.6 Å². The van der Waals surface area contributed by atoms with E-state index in [2.05, 4.69) is 27.1 Å². The Morgan fingerprint density at radius 1 is 1.33 bits per heavy atom. The predicted octanol–water partition coefficient (Wildman–Crippen LogP) is 4.32. The van der Waals surface area contributed by atoms with E-state index in [1.807, 2.05) is 18.2 Å². The Labute approximate surface area is 197 Å². The van der Waals surface area contributed by atoms with Gasteiger partial charge in [-0.2, -0.15) is 4.98 Å². The minimum atomic E-state index is -0.286. The number of hydrogen-bond acceptors (Lipinski definition) is 7. The summed E-state index contributed by atoms with van der Waals surface area (Å²) in [5, 5.41) is 4.49. The molecule has 1 N–H and O–H groups in total. The van der Waals surface area contributed by atoms with Crippen molar-refractivity contribution in [2.24, 2.45) is 13.0 Å². The largest absolute Gasteiger partial charge is 0.480 e. The molecule has 0 spiro atoms. The van der Waals surface area contributed by atoms with Gasteiger partial charge in [-0.3, -0.25) is 9.59 Å². The summed E-state index contributed by atoms with van der Waals surface area (Å²) in [6, 6.07) is 7.27. The van der Waals surface area contributed by atoms with Crippen molar-refractivity contribution in [1.82, 2.24) is 14.5 Å². The summed E-state index contributed by atoms with van der Waals surface area (Å²) < 4.78 is 7.01. The number of ketones is 1. The van der Waals surface area contributed by atoms with Gasteiger partial charge in [-0.1, -0.05) is 25.4 Å². The number of ether oxygens (including phenoxy) is 1. The second-order valence-electron chi connectivity index (χ2n) is 8.51. The van der Waals surface area contributed by atoms with Gasteiger partial charge in [0.2, 0.25) is 5.95 Å². The SMILES string of the molecule is CCC(=O)COc1cc2cc(Nc3nc(N4CCCC(C)C4)ncc3Cl)ccc2n(C)c1=O. The highest BCUT2D eigenvalue weighted by Gasteiger charge is 2.20. The highest BCUT2D eigenvalue weighted by Crippen LogP contribution is 2.29. The molecule has 2 aromatic heterocycles. The van der Waals surface area contributed by atoms with Crippen LogP contribution in [-0.2, 0) is 11.8 Å². The van der Waals surface area contributed by atoms with Crippen LogP contribution in [0.4, 0.5) is 17.5 Å². The first-order chi connectivity index (χ1) is 15.9. The van der Waals surface area contributed by atoms with Crippen molar-refractivity contribution in [3.05, 3.63) is 45.8 Å². The van der Waals surface area contributed by atoms with Crippen LogP contribution in [0.25, 0.3) is 10.9 Å². The van der Waals surface area contributed by atoms with Gasteiger partial charge in [0.05, 0.1) is 11.7 Å². The van der Waals surface area contributed by atoms with E-state index in [0.717, 1.165) is 36.1 Å². The Kier molecular flexibility index (Phi) is 6.83. The second kappa shape index (κ2) is 9.79. The molecule has 0 bridgehead atoms. The van der Waals surface area contributed by atoms with Gasteiger partial charge < -0.3 is 19.5 Å². The van der Waals surface area contributed by atoms with Crippen LogP contribution in [-0.4, -0.2) is 40.0 Å². The summed E-state index contributed by atoms with van der Waals surface area (Å²) in [5.74, 6) is 1.86. The number of hydrogen-bond donors (Lipinski definition) is 1. The molecule has 0 amide bonds. The van der Waals surface area contributed by atoms with Gasteiger partial charge >= 0.3 is 0 Å².